The van der Waals surface area contributed by atoms with E-state index in [0.29, 0.717) is 22.7 Å². The standard InChI is InChI=1S/C20H24Cl2N2O4/c1-7-24-18(27-10-28-19(26)20(4,5)6)14(9-23-24)17(25)13-8-11(2)15(21)12(3)16(13)22/h8-9H,7,10H2,1-6H3. The number of ether oxygens (including phenoxy) is 2. The lowest BCUT2D eigenvalue weighted by atomic mass is 9.98. The summed E-state index contributed by atoms with van der Waals surface area (Å²) in [7, 11) is 0. The highest BCUT2D eigenvalue weighted by Crippen LogP contribution is 2.33. The van der Waals surface area contributed by atoms with Crippen LogP contribution in [0.3, 0.4) is 0 Å². The van der Waals surface area contributed by atoms with Crippen LogP contribution in [-0.4, -0.2) is 28.3 Å². The van der Waals surface area contributed by atoms with Crippen molar-refractivity contribution in [1.82, 2.24) is 9.78 Å². The smallest absolute Gasteiger partial charge is 0.314 e. The Balaban J connectivity index is 2.34. The zero-order valence-electron chi connectivity index (χ0n) is 16.9. The van der Waals surface area contributed by atoms with Crippen molar-refractivity contribution in [2.75, 3.05) is 6.79 Å². The van der Waals surface area contributed by atoms with Crippen molar-refractivity contribution in [1.29, 1.82) is 0 Å². The molecule has 1 aromatic heterocycles. The van der Waals surface area contributed by atoms with Gasteiger partial charge in [0.05, 0.1) is 16.6 Å². The second-order valence-electron chi connectivity index (χ2n) is 7.45. The Labute approximate surface area is 174 Å². The van der Waals surface area contributed by atoms with Gasteiger partial charge in [0.25, 0.3) is 0 Å². The summed E-state index contributed by atoms with van der Waals surface area (Å²) in [5.74, 6) is -0.532. The number of halogens is 2. The molecule has 0 atom stereocenters. The van der Waals surface area contributed by atoms with E-state index in [0.717, 1.165) is 5.56 Å². The average molecular weight is 427 g/mol. The predicted molar refractivity (Wildman–Crippen MR) is 108 cm³/mol. The van der Waals surface area contributed by atoms with Gasteiger partial charge in [-0.15, -0.1) is 0 Å². The first-order valence-corrected chi connectivity index (χ1v) is 9.60. The normalized spacial score (nSPS) is 11.4. The van der Waals surface area contributed by atoms with E-state index in [-0.39, 0.29) is 29.0 Å². The van der Waals surface area contributed by atoms with E-state index in [1.165, 1.54) is 10.9 Å². The van der Waals surface area contributed by atoms with Crippen LogP contribution < -0.4 is 4.74 Å². The molecule has 2 aromatic rings. The molecule has 0 saturated carbocycles. The molecule has 0 unspecified atom stereocenters. The zero-order chi connectivity index (χ0) is 21.2. The van der Waals surface area contributed by atoms with Crippen molar-refractivity contribution in [2.45, 2.75) is 48.1 Å². The first-order valence-electron chi connectivity index (χ1n) is 8.84. The minimum absolute atomic E-state index is 0.218. The zero-order valence-corrected chi connectivity index (χ0v) is 18.4. The third-order valence-electron chi connectivity index (χ3n) is 4.18. The molecule has 0 spiro atoms. The summed E-state index contributed by atoms with van der Waals surface area (Å²) < 4.78 is 12.3. The van der Waals surface area contributed by atoms with Crippen LogP contribution in [-0.2, 0) is 16.1 Å². The first kappa shape index (κ1) is 22.2. The van der Waals surface area contributed by atoms with Crippen molar-refractivity contribution in [2.24, 2.45) is 5.41 Å². The maximum atomic E-state index is 13.1. The Morgan fingerprint density at radius 2 is 1.79 bits per heavy atom. The lowest BCUT2D eigenvalue weighted by Gasteiger charge is -2.17. The van der Waals surface area contributed by atoms with Gasteiger partial charge >= 0.3 is 5.97 Å². The molecule has 8 heteroatoms. The van der Waals surface area contributed by atoms with Gasteiger partial charge in [-0.3, -0.25) is 9.59 Å². The number of aromatic nitrogens is 2. The molecule has 0 amide bonds. The van der Waals surface area contributed by atoms with Crippen LogP contribution in [0.1, 0.15) is 54.7 Å². The molecule has 2 rings (SSSR count). The molecule has 0 aliphatic rings. The fourth-order valence-electron chi connectivity index (χ4n) is 2.51. The van der Waals surface area contributed by atoms with Gasteiger partial charge in [0.15, 0.2) is 0 Å². The van der Waals surface area contributed by atoms with Crippen molar-refractivity contribution in [3.63, 3.8) is 0 Å². The minimum Gasteiger partial charge on any atom is -0.440 e. The lowest BCUT2D eigenvalue weighted by Crippen LogP contribution is -2.25. The quantitative estimate of drug-likeness (QED) is 0.369. The number of nitrogens with zero attached hydrogens (tertiary/aromatic N) is 2. The molecular formula is C20H24Cl2N2O4. The summed E-state index contributed by atoms with van der Waals surface area (Å²) in [5, 5.41) is 4.99. The molecule has 0 aliphatic carbocycles. The summed E-state index contributed by atoms with van der Waals surface area (Å²) >= 11 is 12.6. The Bertz CT molecular complexity index is 914. The Morgan fingerprint density at radius 3 is 2.36 bits per heavy atom. The minimum atomic E-state index is -0.654. The highest BCUT2D eigenvalue weighted by molar-refractivity contribution is 6.39. The van der Waals surface area contributed by atoms with E-state index in [1.54, 1.807) is 40.7 Å². The van der Waals surface area contributed by atoms with Crippen molar-refractivity contribution < 1.29 is 19.1 Å². The van der Waals surface area contributed by atoms with Crippen LogP contribution in [0.15, 0.2) is 12.3 Å². The SMILES string of the molecule is CCn1ncc(C(=O)c2cc(C)c(Cl)c(C)c2Cl)c1OCOC(=O)C(C)(C)C. The van der Waals surface area contributed by atoms with Crippen LogP contribution in [0.5, 0.6) is 5.88 Å². The highest BCUT2D eigenvalue weighted by atomic mass is 35.5. The molecule has 0 aliphatic heterocycles. The fourth-order valence-corrected chi connectivity index (χ4v) is 2.94. The van der Waals surface area contributed by atoms with Gasteiger partial charge in [-0.25, -0.2) is 4.68 Å². The first-order chi connectivity index (χ1) is 13.0. The number of benzene rings is 1. The number of hydrogen-bond donors (Lipinski definition) is 0. The third kappa shape index (κ3) is 4.50. The maximum Gasteiger partial charge on any atom is 0.314 e. The van der Waals surface area contributed by atoms with Gasteiger partial charge in [0.2, 0.25) is 18.5 Å². The summed E-state index contributed by atoms with van der Waals surface area (Å²) in [5.41, 5.74) is 1.27. The van der Waals surface area contributed by atoms with E-state index in [4.69, 9.17) is 32.7 Å². The molecule has 6 nitrogen and oxygen atoms in total. The number of carbonyl (C=O) groups excluding carboxylic acids is 2. The van der Waals surface area contributed by atoms with Crippen LogP contribution >= 0.6 is 23.2 Å². The fraction of sp³-hybridized carbons (Fsp3) is 0.450. The van der Waals surface area contributed by atoms with Crippen LogP contribution in [0, 0.1) is 19.3 Å². The number of hydrogen-bond acceptors (Lipinski definition) is 5. The Morgan fingerprint density at radius 1 is 1.14 bits per heavy atom. The van der Waals surface area contributed by atoms with Crippen LogP contribution in [0.2, 0.25) is 10.0 Å². The van der Waals surface area contributed by atoms with E-state index in [1.807, 2.05) is 6.92 Å². The predicted octanol–water partition coefficient (Wildman–Crippen LogP) is 4.98. The van der Waals surface area contributed by atoms with Crippen molar-refractivity contribution in [3.8, 4) is 5.88 Å². The summed E-state index contributed by atoms with van der Waals surface area (Å²) in [4.78, 5) is 25.0. The van der Waals surface area contributed by atoms with E-state index in [2.05, 4.69) is 5.10 Å². The second-order valence-corrected chi connectivity index (χ2v) is 8.20. The molecule has 152 valence electrons. The molecule has 0 fully saturated rings. The molecule has 0 radical (unpaired) electrons. The Kier molecular flexibility index (Phi) is 6.78. The number of aryl methyl sites for hydroxylation is 2. The summed E-state index contributed by atoms with van der Waals surface area (Å²) in [6.07, 6.45) is 1.42. The van der Waals surface area contributed by atoms with Gasteiger partial charge in [-0.2, -0.15) is 5.10 Å². The molecule has 1 heterocycles. The maximum absolute atomic E-state index is 13.1. The van der Waals surface area contributed by atoms with Crippen molar-refractivity contribution >= 4 is 35.0 Å². The molecule has 0 N–H and O–H groups in total. The van der Waals surface area contributed by atoms with Crippen LogP contribution in [0.4, 0.5) is 0 Å². The van der Waals surface area contributed by atoms with Crippen LogP contribution in [0.25, 0.3) is 0 Å². The van der Waals surface area contributed by atoms with Gasteiger partial charge in [-0.05, 0) is 58.7 Å². The topological polar surface area (TPSA) is 70.4 Å². The van der Waals surface area contributed by atoms with Gasteiger partial charge in [0.1, 0.15) is 5.56 Å². The summed E-state index contributed by atoms with van der Waals surface area (Å²) in [6.45, 7) is 10.8. The number of rotatable bonds is 6. The van der Waals surface area contributed by atoms with Gasteiger partial charge in [-0.1, -0.05) is 23.2 Å². The van der Waals surface area contributed by atoms with Crippen molar-refractivity contribution in [3.05, 3.63) is 44.6 Å². The average Bonchev–Trinajstić information content (AvgIpc) is 3.04. The lowest BCUT2D eigenvalue weighted by molar-refractivity contribution is -0.159. The van der Waals surface area contributed by atoms with E-state index >= 15 is 0 Å². The third-order valence-corrected chi connectivity index (χ3v) is 5.25. The second kappa shape index (κ2) is 8.53. The molecular weight excluding hydrogens is 403 g/mol. The van der Waals surface area contributed by atoms with E-state index < -0.39 is 11.4 Å². The largest absolute Gasteiger partial charge is 0.440 e. The Hall–Kier alpha value is -2.05. The summed E-state index contributed by atoms with van der Waals surface area (Å²) in [6, 6.07) is 1.65. The molecule has 28 heavy (non-hydrogen) atoms. The van der Waals surface area contributed by atoms with Gasteiger partial charge < -0.3 is 9.47 Å². The van der Waals surface area contributed by atoms with E-state index in [9.17, 15) is 9.59 Å². The molecule has 1 aromatic carbocycles. The number of ketones is 1. The number of esters is 1. The molecule has 0 bridgehead atoms. The highest BCUT2D eigenvalue weighted by Gasteiger charge is 2.26. The number of carbonyl (C=O) groups is 2. The van der Waals surface area contributed by atoms with Gasteiger partial charge in [0, 0.05) is 17.1 Å². The monoisotopic (exact) mass is 426 g/mol. The molecule has 0 saturated heterocycles.